The predicted octanol–water partition coefficient (Wildman–Crippen LogP) is 2.73. The molecule has 0 rings (SSSR count). The van der Waals surface area contributed by atoms with Crippen molar-refractivity contribution < 1.29 is 17.9 Å². The fraction of sp³-hybridized carbons (Fsp3) is 1.00. The molecule has 0 aliphatic carbocycles. The van der Waals surface area contributed by atoms with E-state index in [0.717, 1.165) is 0 Å². The van der Waals surface area contributed by atoms with Crippen molar-refractivity contribution in [3.8, 4) is 0 Å². The third kappa shape index (κ3) is 5.99. The zero-order valence-corrected chi connectivity index (χ0v) is 9.74. The van der Waals surface area contributed by atoms with E-state index in [1.807, 2.05) is 0 Å². The maximum absolute atomic E-state index is 12.5. The second-order valence-electron chi connectivity index (χ2n) is 4.15. The first kappa shape index (κ1) is 14.7. The zero-order chi connectivity index (χ0) is 12.1. The van der Waals surface area contributed by atoms with Crippen molar-refractivity contribution in [2.75, 3.05) is 13.7 Å². The van der Waals surface area contributed by atoms with Gasteiger partial charge in [0.25, 0.3) is 0 Å². The number of alkyl halides is 3. The minimum Gasteiger partial charge on any atom is -0.379 e. The van der Waals surface area contributed by atoms with E-state index >= 15 is 0 Å². The first-order valence-electron chi connectivity index (χ1n) is 5.08. The molecule has 0 aromatic carbocycles. The lowest BCUT2D eigenvalue weighted by molar-refractivity contribution is -0.159. The molecule has 0 aliphatic rings. The van der Waals surface area contributed by atoms with Crippen LogP contribution in [0.1, 0.15) is 33.6 Å². The summed E-state index contributed by atoms with van der Waals surface area (Å²) in [6.07, 6.45) is -3.77. The molecule has 0 aromatic heterocycles. The van der Waals surface area contributed by atoms with E-state index in [4.69, 9.17) is 4.74 Å². The smallest absolute Gasteiger partial charge is 0.379 e. The van der Waals surface area contributed by atoms with Crippen molar-refractivity contribution in [2.24, 2.45) is 0 Å². The van der Waals surface area contributed by atoms with Gasteiger partial charge < -0.3 is 10.1 Å². The van der Waals surface area contributed by atoms with Gasteiger partial charge in [-0.2, -0.15) is 13.2 Å². The predicted molar refractivity (Wildman–Crippen MR) is 53.8 cm³/mol. The highest BCUT2D eigenvalue weighted by atomic mass is 19.4. The van der Waals surface area contributed by atoms with Crippen LogP contribution in [0.4, 0.5) is 13.2 Å². The van der Waals surface area contributed by atoms with Crippen molar-refractivity contribution >= 4 is 0 Å². The Bertz CT molecular complexity index is 180. The Morgan fingerprint density at radius 2 is 1.80 bits per heavy atom. The molecule has 0 spiro atoms. The Morgan fingerprint density at radius 1 is 1.27 bits per heavy atom. The number of ether oxygens (including phenoxy) is 1. The largest absolute Gasteiger partial charge is 0.403 e. The summed E-state index contributed by atoms with van der Waals surface area (Å²) in [5.74, 6) is 0. The Labute approximate surface area is 89.2 Å². The van der Waals surface area contributed by atoms with Crippen molar-refractivity contribution in [1.29, 1.82) is 0 Å². The molecule has 0 aromatic rings. The molecule has 2 nitrogen and oxygen atoms in total. The van der Waals surface area contributed by atoms with Crippen LogP contribution in [-0.2, 0) is 4.74 Å². The number of halogens is 3. The molecule has 15 heavy (non-hydrogen) atoms. The van der Waals surface area contributed by atoms with Crippen LogP contribution < -0.4 is 5.32 Å². The van der Waals surface area contributed by atoms with Crippen LogP contribution >= 0.6 is 0 Å². The molecule has 1 unspecified atom stereocenters. The van der Waals surface area contributed by atoms with Crippen LogP contribution in [-0.4, -0.2) is 31.5 Å². The summed E-state index contributed by atoms with van der Waals surface area (Å²) in [7, 11) is 1.51. The lowest BCUT2D eigenvalue weighted by Gasteiger charge is -2.27. The van der Waals surface area contributed by atoms with Crippen LogP contribution in [0.2, 0.25) is 0 Å². The van der Waals surface area contributed by atoms with Crippen LogP contribution in [0.15, 0.2) is 0 Å². The van der Waals surface area contributed by atoms with Crippen molar-refractivity contribution in [3.05, 3.63) is 0 Å². The molecule has 1 atom stereocenters. The standard InChI is InChI=1S/C10H20F3NO/c1-5-14-8(10(11,12)13)6-7-9(2,3)15-4/h8,14H,5-7H2,1-4H3. The summed E-state index contributed by atoms with van der Waals surface area (Å²) in [5, 5.41) is 2.44. The van der Waals surface area contributed by atoms with Crippen LogP contribution in [0.5, 0.6) is 0 Å². The van der Waals surface area contributed by atoms with Gasteiger partial charge in [0.15, 0.2) is 0 Å². The Balaban J connectivity index is 4.19. The first-order chi connectivity index (χ1) is 6.73. The first-order valence-corrected chi connectivity index (χ1v) is 5.08. The van der Waals surface area contributed by atoms with E-state index in [1.165, 1.54) is 7.11 Å². The molecular weight excluding hydrogens is 207 g/mol. The van der Waals surface area contributed by atoms with Gasteiger partial charge in [-0.05, 0) is 33.2 Å². The van der Waals surface area contributed by atoms with Crippen molar-refractivity contribution in [1.82, 2.24) is 5.32 Å². The molecule has 0 fully saturated rings. The highest BCUT2D eigenvalue weighted by molar-refractivity contribution is 4.79. The Hall–Kier alpha value is -0.290. The molecule has 0 amide bonds. The average Bonchev–Trinajstić information content (AvgIpc) is 2.10. The highest BCUT2D eigenvalue weighted by Gasteiger charge is 2.39. The average molecular weight is 227 g/mol. The maximum atomic E-state index is 12.5. The molecule has 1 N–H and O–H groups in total. The van der Waals surface area contributed by atoms with Crippen LogP contribution in [0.3, 0.4) is 0 Å². The monoisotopic (exact) mass is 227 g/mol. The summed E-state index contributed by atoms with van der Waals surface area (Å²) in [4.78, 5) is 0. The number of nitrogens with one attached hydrogen (secondary N) is 1. The van der Waals surface area contributed by atoms with Gasteiger partial charge in [-0.25, -0.2) is 0 Å². The van der Waals surface area contributed by atoms with E-state index in [1.54, 1.807) is 20.8 Å². The van der Waals surface area contributed by atoms with E-state index < -0.39 is 17.8 Å². The molecule has 0 saturated carbocycles. The molecule has 5 heteroatoms. The van der Waals surface area contributed by atoms with Crippen molar-refractivity contribution in [3.63, 3.8) is 0 Å². The normalized spacial score (nSPS) is 15.4. The SMILES string of the molecule is CCNC(CCC(C)(C)OC)C(F)(F)F. The minimum absolute atomic E-state index is 0.0399. The van der Waals surface area contributed by atoms with Gasteiger partial charge in [0, 0.05) is 7.11 Å². The quantitative estimate of drug-likeness (QED) is 0.753. The van der Waals surface area contributed by atoms with Gasteiger partial charge in [-0.15, -0.1) is 0 Å². The van der Waals surface area contributed by atoms with Gasteiger partial charge in [0.05, 0.1) is 5.60 Å². The molecule has 0 heterocycles. The number of hydrogen-bond acceptors (Lipinski definition) is 2. The summed E-state index contributed by atoms with van der Waals surface area (Å²) in [6.45, 7) is 5.55. The topological polar surface area (TPSA) is 21.3 Å². The van der Waals surface area contributed by atoms with Gasteiger partial charge in [-0.3, -0.25) is 0 Å². The fourth-order valence-electron chi connectivity index (χ4n) is 1.22. The van der Waals surface area contributed by atoms with Gasteiger partial charge in [0.1, 0.15) is 6.04 Å². The highest BCUT2D eigenvalue weighted by Crippen LogP contribution is 2.26. The van der Waals surface area contributed by atoms with Crippen molar-refractivity contribution in [2.45, 2.75) is 51.4 Å². The summed E-state index contributed by atoms with van der Waals surface area (Å²) >= 11 is 0. The van der Waals surface area contributed by atoms with Crippen LogP contribution in [0, 0.1) is 0 Å². The van der Waals surface area contributed by atoms with Gasteiger partial charge in [0.2, 0.25) is 0 Å². The zero-order valence-electron chi connectivity index (χ0n) is 9.74. The summed E-state index contributed by atoms with van der Waals surface area (Å²) in [5.41, 5.74) is -0.501. The van der Waals surface area contributed by atoms with E-state index in [9.17, 15) is 13.2 Å². The van der Waals surface area contributed by atoms with E-state index in [-0.39, 0.29) is 6.42 Å². The number of rotatable bonds is 6. The van der Waals surface area contributed by atoms with E-state index in [2.05, 4.69) is 5.32 Å². The third-order valence-electron chi connectivity index (χ3n) is 2.43. The Morgan fingerprint density at radius 3 is 2.13 bits per heavy atom. The second kappa shape index (κ2) is 5.70. The summed E-state index contributed by atoms with van der Waals surface area (Å²) in [6, 6.07) is -1.43. The summed E-state index contributed by atoms with van der Waals surface area (Å²) < 4.78 is 42.5. The van der Waals surface area contributed by atoms with E-state index in [0.29, 0.717) is 13.0 Å². The fourth-order valence-corrected chi connectivity index (χ4v) is 1.22. The molecule has 92 valence electrons. The van der Waals surface area contributed by atoms with Gasteiger partial charge >= 0.3 is 6.18 Å². The lowest BCUT2D eigenvalue weighted by atomic mass is 9.98. The maximum Gasteiger partial charge on any atom is 0.403 e. The van der Waals surface area contributed by atoms with Gasteiger partial charge in [-0.1, -0.05) is 6.92 Å². The molecule has 0 radical (unpaired) electrons. The Kier molecular flexibility index (Phi) is 5.59. The molecular formula is C10H20F3NO. The lowest BCUT2D eigenvalue weighted by Crippen LogP contribution is -2.43. The third-order valence-corrected chi connectivity index (χ3v) is 2.43. The number of hydrogen-bond donors (Lipinski definition) is 1. The number of methoxy groups -OCH3 is 1. The molecule has 0 saturated heterocycles. The second-order valence-corrected chi connectivity index (χ2v) is 4.15. The van der Waals surface area contributed by atoms with Crippen LogP contribution in [0.25, 0.3) is 0 Å². The molecule has 0 aliphatic heterocycles. The molecule has 0 bridgehead atoms. The minimum atomic E-state index is -4.18.